The fourth-order valence-electron chi connectivity index (χ4n) is 1.47. The van der Waals surface area contributed by atoms with Crippen LogP contribution in [-0.2, 0) is 0 Å². The zero-order chi connectivity index (χ0) is 11.5. The summed E-state index contributed by atoms with van der Waals surface area (Å²) >= 11 is 5.76. The molecule has 2 nitrogen and oxygen atoms in total. The molecule has 0 saturated carbocycles. The van der Waals surface area contributed by atoms with Crippen molar-refractivity contribution in [2.24, 2.45) is 0 Å². The highest BCUT2D eigenvalue weighted by Crippen LogP contribution is 2.28. The Morgan fingerprint density at radius 3 is 2.50 bits per heavy atom. The molecule has 2 rings (SSSR count). The number of aliphatic hydroxyl groups is 1. The van der Waals surface area contributed by atoms with Gasteiger partial charge in [-0.25, -0.2) is 9.37 Å². The van der Waals surface area contributed by atoms with Gasteiger partial charge in [-0.1, -0.05) is 41.9 Å². The highest BCUT2D eigenvalue weighted by atomic mass is 35.5. The van der Waals surface area contributed by atoms with E-state index in [9.17, 15) is 9.50 Å². The lowest BCUT2D eigenvalue weighted by Gasteiger charge is -2.12. The molecule has 1 aromatic carbocycles. The van der Waals surface area contributed by atoms with Crippen LogP contribution in [0.25, 0.3) is 0 Å². The smallest absolute Gasteiger partial charge is 0.138 e. The number of rotatable bonds is 2. The van der Waals surface area contributed by atoms with Gasteiger partial charge in [-0.3, -0.25) is 0 Å². The number of halogens is 2. The standard InChI is InChI=1S/C12H9ClFNO/c13-12-10(9(14)6-7-15-12)11(16)8-4-2-1-3-5-8/h1-7,11,16H. The Bertz CT molecular complexity index is 469. The summed E-state index contributed by atoms with van der Waals surface area (Å²) in [5.74, 6) is -0.559. The predicted octanol–water partition coefficient (Wildman–Crippen LogP) is 2.96. The number of hydrogen-bond donors (Lipinski definition) is 1. The number of nitrogens with zero attached hydrogens (tertiary/aromatic N) is 1. The van der Waals surface area contributed by atoms with Gasteiger partial charge in [0.1, 0.15) is 17.1 Å². The van der Waals surface area contributed by atoms with Crippen molar-refractivity contribution in [3.8, 4) is 0 Å². The van der Waals surface area contributed by atoms with E-state index in [0.29, 0.717) is 5.56 Å². The number of aromatic nitrogens is 1. The van der Waals surface area contributed by atoms with Crippen molar-refractivity contribution in [1.29, 1.82) is 0 Å². The van der Waals surface area contributed by atoms with Crippen LogP contribution >= 0.6 is 11.6 Å². The fourth-order valence-corrected chi connectivity index (χ4v) is 1.72. The fraction of sp³-hybridized carbons (Fsp3) is 0.0833. The minimum absolute atomic E-state index is 0.00960. The summed E-state index contributed by atoms with van der Waals surface area (Å²) in [7, 11) is 0. The van der Waals surface area contributed by atoms with Crippen LogP contribution in [0.4, 0.5) is 4.39 Å². The third-order valence-electron chi connectivity index (χ3n) is 2.28. The molecule has 1 heterocycles. The monoisotopic (exact) mass is 237 g/mol. The molecule has 0 amide bonds. The number of pyridine rings is 1. The van der Waals surface area contributed by atoms with Crippen molar-refractivity contribution < 1.29 is 9.50 Å². The average molecular weight is 238 g/mol. The average Bonchev–Trinajstić information content (AvgIpc) is 2.30. The van der Waals surface area contributed by atoms with Crippen molar-refractivity contribution in [1.82, 2.24) is 4.98 Å². The highest BCUT2D eigenvalue weighted by molar-refractivity contribution is 6.30. The molecule has 0 saturated heterocycles. The van der Waals surface area contributed by atoms with Crippen molar-refractivity contribution in [2.75, 3.05) is 0 Å². The van der Waals surface area contributed by atoms with E-state index >= 15 is 0 Å². The molecule has 0 fully saturated rings. The van der Waals surface area contributed by atoms with Crippen LogP contribution < -0.4 is 0 Å². The van der Waals surface area contributed by atoms with Gasteiger partial charge in [0.05, 0.1) is 5.56 Å². The maximum absolute atomic E-state index is 13.5. The molecular weight excluding hydrogens is 229 g/mol. The predicted molar refractivity (Wildman–Crippen MR) is 59.7 cm³/mol. The highest BCUT2D eigenvalue weighted by Gasteiger charge is 2.18. The molecule has 0 aliphatic carbocycles. The van der Waals surface area contributed by atoms with Crippen molar-refractivity contribution >= 4 is 11.6 Å². The molecule has 82 valence electrons. The molecule has 0 spiro atoms. The van der Waals surface area contributed by atoms with Crippen molar-refractivity contribution in [3.63, 3.8) is 0 Å². The maximum Gasteiger partial charge on any atom is 0.138 e. The Morgan fingerprint density at radius 1 is 1.19 bits per heavy atom. The molecule has 1 unspecified atom stereocenters. The molecule has 2 aromatic rings. The summed E-state index contributed by atoms with van der Waals surface area (Å²) < 4.78 is 13.5. The van der Waals surface area contributed by atoms with Gasteiger partial charge in [-0.15, -0.1) is 0 Å². The Balaban J connectivity index is 2.46. The Morgan fingerprint density at radius 2 is 1.88 bits per heavy atom. The van der Waals surface area contributed by atoms with Crippen LogP contribution in [0, 0.1) is 5.82 Å². The van der Waals surface area contributed by atoms with Crippen molar-refractivity contribution in [3.05, 3.63) is 64.7 Å². The van der Waals surface area contributed by atoms with E-state index in [4.69, 9.17) is 11.6 Å². The van der Waals surface area contributed by atoms with Crippen LogP contribution in [0.2, 0.25) is 5.15 Å². The number of hydrogen-bond acceptors (Lipinski definition) is 2. The normalized spacial score (nSPS) is 12.4. The summed E-state index contributed by atoms with van der Waals surface area (Å²) in [5.41, 5.74) is 0.590. The van der Waals surface area contributed by atoms with Crippen LogP contribution in [0.5, 0.6) is 0 Å². The zero-order valence-electron chi connectivity index (χ0n) is 8.27. The lowest BCUT2D eigenvalue weighted by molar-refractivity contribution is 0.214. The van der Waals surface area contributed by atoms with E-state index in [-0.39, 0.29) is 10.7 Å². The second-order valence-corrected chi connectivity index (χ2v) is 3.67. The van der Waals surface area contributed by atoms with E-state index in [1.807, 2.05) is 6.07 Å². The van der Waals surface area contributed by atoms with Crippen LogP contribution in [0.15, 0.2) is 42.6 Å². The SMILES string of the molecule is OC(c1ccccc1)c1c(F)ccnc1Cl. The largest absolute Gasteiger partial charge is 0.383 e. The molecule has 0 aliphatic rings. The van der Waals surface area contributed by atoms with Crippen molar-refractivity contribution in [2.45, 2.75) is 6.10 Å². The van der Waals surface area contributed by atoms with Gasteiger partial charge in [0.15, 0.2) is 0 Å². The second kappa shape index (κ2) is 4.60. The molecule has 1 atom stereocenters. The second-order valence-electron chi connectivity index (χ2n) is 3.31. The molecule has 0 bridgehead atoms. The molecular formula is C12H9ClFNO. The molecule has 1 N–H and O–H groups in total. The van der Waals surface area contributed by atoms with Gasteiger partial charge >= 0.3 is 0 Å². The lowest BCUT2D eigenvalue weighted by atomic mass is 10.0. The first-order chi connectivity index (χ1) is 7.70. The van der Waals surface area contributed by atoms with E-state index in [2.05, 4.69) is 4.98 Å². The Hall–Kier alpha value is -1.45. The van der Waals surface area contributed by atoms with Crippen LogP contribution in [0.3, 0.4) is 0 Å². The first-order valence-corrected chi connectivity index (χ1v) is 5.11. The van der Waals surface area contributed by atoms with Gasteiger partial charge in [0, 0.05) is 6.20 Å². The molecule has 0 radical (unpaired) electrons. The summed E-state index contributed by atoms with van der Waals surface area (Å²) in [4.78, 5) is 3.75. The first-order valence-electron chi connectivity index (χ1n) is 4.73. The summed E-state index contributed by atoms with van der Waals surface area (Å²) in [6, 6.07) is 9.92. The summed E-state index contributed by atoms with van der Waals surface area (Å²) in [5, 5.41) is 9.97. The summed E-state index contributed by atoms with van der Waals surface area (Å²) in [6.45, 7) is 0. The van der Waals surface area contributed by atoms with E-state index < -0.39 is 11.9 Å². The zero-order valence-corrected chi connectivity index (χ0v) is 9.03. The van der Waals surface area contributed by atoms with E-state index in [1.54, 1.807) is 24.3 Å². The molecule has 4 heteroatoms. The third-order valence-corrected chi connectivity index (χ3v) is 2.58. The van der Waals surface area contributed by atoms with Gasteiger partial charge in [0.2, 0.25) is 0 Å². The van der Waals surface area contributed by atoms with Gasteiger partial charge in [-0.05, 0) is 11.6 Å². The summed E-state index contributed by atoms with van der Waals surface area (Å²) in [6.07, 6.45) is 0.168. The van der Waals surface area contributed by atoms with Crippen LogP contribution in [0.1, 0.15) is 17.2 Å². The Kier molecular flexibility index (Phi) is 3.17. The topological polar surface area (TPSA) is 33.1 Å². The van der Waals surface area contributed by atoms with Crippen LogP contribution in [-0.4, -0.2) is 10.1 Å². The number of benzene rings is 1. The maximum atomic E-state index is 13.5. The third kappa shape index (κ3) is 2.05. The Labute approximate surface area is 97.3 Å². The lowest BCUT2D eigenvalue weighted by Crippen LogP contribution is -2.04. The van der Waals surface area contributed by atoms with Gasteiger partial charge < -0.3 is 5.11 Å². The number of aliphatic hydroxyl groups excluding tert-OH is 1. The molecule has 16 heavy (non-hydrogen) atoms. The minimum atomic E-state index is -1.10. The quantitative estimate of drug-likeness (QED) is 0.815. The molecule has 0 aliphatic heterocycles. The van der Waals surface area contributed by atoms with Gasteiger partial charge in [0.25, 0.3) is 0 Å². The van der Waals surface area contributed by atoms with E-state index in [1.165, 1.54) is 12.3 Å². The van der Waals surface area contributed by atoms with Gasteiger partial charge in [-0.2, -0.15) is 0 Å². The van der Waals surface area contributed by atoms with E-state index in [0.717, 1.165) is 0 Å². The first kappa shape index (κ1) is 11.0. The minimum Gasteiger partial charge on any atom is -0.383 e. The molecule has 1 aromatic heterocycles.